The number of nitrogens with zero attached hydrogens (tertiary/aromatic N) is 3. The number of aromatic carboxylic acids is 1. The van der Waals surface area contributed by atoms with E-state index >= 15 is 0 Å². The monoisotopic (exact) mass is 293 g/mol. The number of pyridine rings is 1. The van der Waals surface area contributed by atoms with Crippen LogP contribution in [0.5, 0.6) is 0 Å². The van der Waals surface area contributed by atoms with Crippen molar-refractivity contribution in [3.8, 4) is 0 Å². The van der Waals surface area contributed by atoms with Gasteiger partial charge >= 0.3 is 23.7 Å². The molecule has 1 amide bonds. The summed E-state index contributed by atoms with van der Waals surface area (Å²) >= 11 is 0. The highest BCUT2D eigenvalue weighted by molar-refractivity contribution is 5.98. The molecule has 0 radical (unpaired) electrons. The van der Waals surface area contributed by atoms with E-state index in [1.807, 2.05) is 0 Å². The number of carbonyl (C=O) groups is 2. The third-order valence-corrected chi connectivity index (χ3v) is 2.14. The molecular weight excluding hydrogens is 287 g/mol. The van der Waals surface area contributed by atoms with Crippen LogP contribution in [0.4, 0.5) is 24.7 Å². The minimum Gasteiger partial charge on any atom is -0.477 e. The number of carboxylic acids is 1. The number of amides is 1. The molecule has 0 atom stereocenters. The molecule has 108 valence electrons. The zero-order valence-electron chi connectivity index (χ0n) is 9.71. The molecule has 0 aromatic carbocycles. The molecule has 11 heteroatoms. The number of alkyl halides is 3. The second-order valence-electron chi connectivity index (χ2n) is 3.46. The van der Waals surface area contributed by atoms with E-state index in [0.29, 0.717) is 13.1 Å². The molecule has 8 nitrogen and oxygen atoms in total. The van der Waals surface area contributed by atoms with Crippen molar-refractivity contribution in [1.82, 2.24) is 4.98 Å². The Morgan fingerprint density at radius 2 is 1.95 bits per heavy atom. The SMILES string of the molecule is CN(C(=O)C(F)(F)F)c1nc(C(=O)O)ccc1[N+](=O)[O-]. The van der Waals surface area contributed by atoms with E-state index in [4.69, 9.17) is 5.11 Å². The molecule has 1 N–H and O–H groups in total. The molecule has 0 bridgehead atoms. The molecule has 1 aromatic heterocycles. The number of hydrogen-bond donors (Lipinski definition) is 1. The molecule has 0 aliphatic heterocycles. The van der Waals surface area contributed by atoms with Gasteiger partial charge in [0.2, 0.25) is 5.82 Å². The van der Waals surface area contributed by atoms with Gasteiger partial charge in [-0.3, -0.25) is 19.8 Å². The first-order valence-corrected chi connectivity index (χ1v) is 4.79. The molecule has 0 aliphatic carbocycles. The minimum atomic E-state index is -5.27. The molecule has 0 saturated heterocycles. The molecular formula is C9H6F3N3O5. The summed E-state index contributed by atoms with van der Waals surface area (Å²) in [5.41, 5.74) is -1.65. The summed E-state index contributed by atoms with van der Waals surface area (Å²) in [5.74, 6) is -5.01. The van der Waals surface area contributed by atoms with Gasteiger partial charge in [0.05, 0.1) is 4.92 Å². The zero-order chi connectivity index (χ0) is 15.7. The third kappa shape index (κ3) is 2.99. The fourth-order valence-electron chi connectivity index (χ4n) is 1.24. The Labute approximate surface area is 108 Å². The maximum atomic E-state index is 12.3. The van der Waals surface area contributed by atoms with E-state index in [-0.39, 0.29) is 4.90 Å². The predicted octanol–water partition coefficient (Wildman–Crippen LogP) is 1.21. The molecule has 1 rings (SSSR count). The molecule has 0 aliphatic rings. The lowest BCUT2D eigenvalue weighted by atomic mass is 10.3. The maximum absolute atomic E-state index is 12.3. The van der Waals surface area contributed by atoms with Gasteiger partial charge < -0.3 is 5.11 Å². The van der Waals surface area contributed by atoms with Crippen molar-refractivity contribution < 1.29 is 32.8 Å². The van der Waals surface area contributed by atoms with Gasteiger partial charge in [0.1, 0.15) is 0 Å². The average Bonchev–Trinajstić information content (AvgIpc) is 2.34. The molecule has 0 saturated carbocycles. The highest BCUT2D eigenvalue weighted by Gasteiger charge is 2.43. The standard InChI is InChI=1S/C9H6F3N3O5/c1-14(8(18)9(10,11)12)6-5(15(19)20)3-2-4(13-6)7(16)17/h2-3H,1H3,(H,16,17). The third-order valence-electron chi connectivity index (χ3n) is 2.14. The van der Waals surface area contributed by atoms with E-state index in [2.05, 4.69) is 4.98 Å². The van der Waals surface area contributed by atoms with Crippen molar-refractivity contribution in [2.75, 3.05) is 11.9 Å². The Bertz CT molecular complexity index is 587. The van der Waals surface area contributed by atoms with Gasteiger partial charge in [-0.1, -0.05) is 0 Å². The van der Waals surface area contributed by atoms with Gasteiger partial charge in [0, 0.05) is 13.1 Å². The fraction of sp³-hybridized carbons (Fsp3) is 0.222. The van der Waals surface area contributed by atoms with Crippen molar-refractivity contribution in [3.05, 3.63) is 27.9 Å². The van der Waals surface area contributed by atoms with Crippen LogP contribution in [0, 0.1) is 10.1 Å². The molecule has 0 unspecified atom stereocenters. The summed E-state index contributed by atoms with van der Waals surface area (Å²) < 4.78 is 36.8. The lowest BCUT2D eigenvalue weighted by molar-refractivity contribution is -0.384. The minimum absolute atomic E-state index is 0.120. The van der Waals surface area contributed by atoms with Gasteiger partial charge in [0.15, 0.2) is 5.69 Å². The van der Waals surface area contributed by atoms with Crippen LogP contribution in [-0.4, -0.2) is 40.1 Å². The number of halogens is 3. The molecule has 0 fully saturated rings. The van der Waals surface area contributed by atoms with Crippen LogP contribution >= 0.6 is 0 Å². The predicted molar refractivity (Wildman–Crippen MR) is 57.3 cm³/mol. The first-order chi connectivity index (χ1) is 9.05. The Kier molecular flexibility index (Phi) is 3.92. The van der Waals surface area contributed by atoms with Gasteiger partial charge in [-0.2, -0.15) is 13.2 Å². The first kappa shape index (κ1) is 15.3. The Morgan fingerprint density at radius 1 is 1.40 bits per heavy atom. The van der Waals surface area contributed by atoms with E-state index in [9.17, 15) is 32.9 Å². The highest BCUT2D eigenvalue weighted by atomic mass is 19.4. The van der Waals surface area contributed by atoms with Crippen LogP contribution < -0.4 is 4.90 Å². The van der Waals surface area contributed by atoms with Gasteiger partial charge in [-0.25, -0.2) is 9.78 Å². The van der Waals surface area contributed by atoms with Crippen molar-refractivity contribution in [1.29, 1.82) is 0 Å². The van der Waals surface area contributed by atoms with Crippen LogP contribution in [0.15, 0.2) is 12.1 Å². The van der Waals surface area contributed by atoms with Crippen molar-refractivity contribution in [3.63, 3.8) is 0 Å². The van der Waals surface area contributed by atoms with Crippen molar-refractivity contribution in [2.45, 2.75) is 6.18 Å². The molecule has 1 aromatic rings. The summed E-state index contributed by atoms with van der Waals surface area (Å²) in [6.07, 6.45) is -5.27. The smallest absolute Gasteiger partial charge is 0.471 e. The van der Waals surface area contributed by atoms with Crippen LogP contribution in [0.1, 0.15) is 10.5 Å². The summed E-state index contributed by atoms with van der Waals surface area (Å²) in [6, 6.07) is 1.40. The number of carbonyl (C=O) groups excluding carboxylic acids is 1. The van der Waals surface area contributed by atoms with E-state index in [0.717, 1.165) is 6.07 Å². The summed E-state index contributed by atoms with van der Waals surface area (Å²) in [4.78, 5) is 34.4. The average molecular weight is 293 g/mol. The Balaban J connectivity index is 3.40. The second-order valence-corrected chi connectivity index (χ2v) is 3.46. The maximum Gasteiger partial charge on any atom is 0.471 e. The Hall–Kier alpha value is -2.72. The lowest BCUT2D eigenvalue weighted by Crippen LogP contribution is -2.39. The lowest BCUT2D eigenvalue weighted by Gasteiger charge is -2.17. The number of carboxylic acid groups (broad SMARTS) is 1. The van der Waals surface area contributed by atoms with Gasteiger partial charge in [0.25, 0.3) is 0 Å². The Morgan fingerprint density at radius 3 is 2.35 bits per heavy atom. The molecule has 20 heavy (non-hydrogen) atoms. The van der Waals surface area contributed by atoms with Crippen LogP contribution in [0.2, 0.25) is 0 Å². The number of aromatic nitrogens is 1. The number of rotatable bonds is 3. The molecule has 0 spiro atoms. The highest BCUT2D eigenvalue weighted by Crippen LogP contribution is 2.28. The topological polar surface area (TPSA) is 114 Å². The largest absolute Gasteiger partial charge is 0.477 e. The van der Waals surface area contributed by atoms with Crippen LogP contribution in [-0.2, 0) is 4.79 Å². The summed E-state index contributed by atoms with van der Waals surface area (Å²) in [6.45, 7) is 0. The van der Waals surface area contributed by atoms with Crippen molar-refractivity contribution >= 4 is 23.4 Å². The van der Waals surface area contributed by atoms with Gasteiger partial charge in [-0.15, -0.1) is 0 Å². The van der Waals surface area contributed by atoms with Gasteiger partial charge in [-0.05, 0) is 6.07 Å². The van der Waals surface area contributed by atoms with Crippen LogP contribution in [0.3, 0.4) is 0 Å². The van der Waals surface area contributed by atoms with E-state index in [1.54, 1.807) is 0 Å². The van der Waals surface area contributed by atoms with E-state index < -0.39 is 40.2 Å². The first-order valence-electron chi connectivity index (χ1n) is 4.79. The zero-order valence-corrected chi connectivity index (χ0v) is 9.71. The quantitative estimate of drug-likeness (QED) is 0.662. The number of hydrogen-bond acceptors (Lipinski definition) is 5. The number of anilines is 1. The fourth-order valence-corrected chi connectivity index (χ4v) is 1.24. The summed E-state index contributed by atoms with van der Waals surface area (Å²) in [5, 5.41) is 19.3. The normalized spacial score (nSPS) is 11.0. The second kappa shape index (κ2) is 5.11. The van der Waals surface area contributed by atoms with Crippen LogP contribution in [0.25, 0.3) is 0 Å². The van der Waals surface area contributed by atoms with Crippen molar-refractivity contribution in [2.24, 2.45) is 0 Å². The van der Waals surface area contributed by atoms with E-state index in [1.165, 1.54) is 0 Å². The number of nitro groups is 1. The molecule has 1 heterocycles. The summed E-state index contributed by atoms with van der Waals surface area (Å²) in [7, 11) is 0.608.